The van der Waals surface area contributed by atoms with Crippen molar-refractivity contribution in [2.24, 2.45) is 0 Å². The van der Waals surface area contributed by atoms with Crippen LogP contribution in [0.2, 0.25) is 0 Å². The molecule has 0 aliphatic carbocycles. The van der Waals surface area contributed by atoms with Crippen molar-refractivity contribution < 1.29 is 8.91 Å². The lowest BCUT2D eigenvalue weighted by atomic mass is 10.2. The Balaban J connectivity index is 0.00000196. The van der Waals surface area contributed by atoms with Crippen LogP contribution < -0.4 is 5.32 Å². The molecule has 4 rings (SSSR count). The first kappa shape index (κ1) is 18.9. The van der Waals surface area contributed by atoms with E-state index in [9.17, 15) is 4.39 Å². The van der Waals surface area contributed by atoms with Gasteiger partial charge in [0.05, 0.1) is 18.2 Å². The van der Waals surface area contributed by atoms with Crippen LogP contribution in [0.25, 0.3) is 10.6 Å². The zero-order valence-electron chi connectivity index (χ0n) is 14.2. The van der Waals surface area contributed by atoms with Gasteiger partial charge in [0.2, 0.25) is 5.89 Å². The third kappa shape index (κ3) is 4.09. The number of halogens is 2. The summed E-state index contributed by atoms with van der Waals surface area (Å²) in [6.45, 7) is 2.74. The van der Waals surface area contributed by atoms with E-state index in [1.54, 1.807) is 6.07 Å². The van der Waals surface area contributed by atoms with Crippen molar-refractivity contribution >= 4 is 23.7 Å². The molecule has 2 aromatic heterocycles. The Labute approximate surface area is 160 Å². The fourth-order valence-electron chi connectivity index (χ4n) is 2.87. The van der Waals surface area contributed by atoms with E-state index in [0.29, 0.717) is 18.1 Å². The third-order valence-corrected chi connectivity index (χ3v) is 5.19. The Bertz CT molecular complexity index is 870. The monoisotopic (exact) mass is 395 g/mol. The Morgan fingerprint density at radius 2 is 2.27 bits per heavy atom. The molecule has 1 unspecified atom stereocenters. The molecule has 0 amide bonds. The average Bonchev–Trinajstić information content (AvgIpc) is 3.25. The molecule has 26 heavy (non-hydrogen) atoms. The number of rotatable bonds is 4. The number of nitrogens with zero attached hydrogens (tertiary/aromatic N) is 4. The summed E-state index contributed by atoms with van der Waals surface area (Å²) in [5.74, 6) is 0.983. The number of benzene rings is 1. The third-order valence-electron chi connectivity index (χ3n) is 4.25. The molecule has 3 aromatic rings. The van der Waals surface area contributed by atoms with E-state index in [2.05, 4.69) is 32.4 Å². The highest BCUT2D eigenvalue weighted by Crippen LogP contribution is 2.25. The van der Waals surface area contributed by atoms with Gasteiger partial charge in [0, 0.05) is 30.6 Å². The number of thiazole rings is 1. The highest BCUT2D eigenvalue weighted by molar-refractivity contribution is 7.13. The molecule has 1 N–H and O–H groups in total. The van der Waals surface area contributed by atoms with Crippen LogP contribution in [-0.2, 0) is 6.42 Å². The van der Waals surface area contributed by atoms with Crippen LogP contribution in [0.3, 0.4) is 0 Å². The lowest BCUT2D eigenvalue weighted by Gasteiger charge is -2.30. The number of hydrogen-bond acceptors (Lipinski definition) is 7. The zero-order valence-corrected chi connectivity index (χ0v) is 15.8. The van der Waals surface area contributed by atoms with Crippen LogP contribution in [0, 0.1) is 5.82 Å². The molecule has 138 valence electrons. The summed E-state index contributed by atoms with van der Waals surface area (Å²) in [4.78, 5) is 11.3. The van der Waals surface area contributed by atoms with Gasteiger partial charge in [-0.25, -0.2) is 9.37 Å². The van der Waals surface area contributed by atoms with Crippen LogP contribution in [0.1, 0.15) is 23.5 Å². The summed E-state index contributed by atoms with van der Waals surface area (Å²) in [7, 11) is 2.06. The van der Waals surface area contributed by atoms with E-state index in [1.807, 2.05) is 11.4 Å². The van der Waals surface area contributed by atoms with E-state index in [1.165, 1.54) is 23.5 Å². The van der Waals surface area contributed by atoms with Crippen LogP contribution in [-0.4, -0.2) is 46.7 Å². The second kappa shape index (κ2) is 8.22. The molecule has 1 atom stereocenters. The maximum Gasteiger partial charge on any atom is 0.232 e. The molecule has 1 fully saturated rings. The fraction of sp³-hybridized carbons (Fsp3) is 0.353. The highest BCUT2D eigenvalue weighted by atomic mass is 35.5. The smallest absolute Gasteiger partial charge is 0.232 e. The summed E-state index contributed by atoms with van der Waals surface area (Å²) in [5, 5.41) is 10.2. The minimum Gasteiger partial charge on any atom is -0.339 e. The van der Waals surface area contributed by atoms with Crippen LogP contribution in [0.4, 0.5) is 4.39 Å². The van der Waals surface area contributed by atoms with Gasteiger partial charge in [-0.2, -0.15) is 4.98 Å². The second-order valence-electron chi connectivity index (χ2n) is 6.08. The van der Waals surface area contributed by atoms with Gasteiger partial charge in [-0.05, 0) is 19.2 Å². The molecule has 1 aliphatic heterocycles. The van der Waals surface area contributed by atoms with Gasteiger partial charge in [0.15, 0.2) is 5.82 Å². The Kier molecular flexibility index (Phi) is 5.98. The van der Waals surface area contributed by atoms with Gasteiger partial charge < -0.3 is 9.84 Å². The fourth-order valence-corrected chi connectivity index (χ4v) is 3.68. The maximum absolute atomic E-state index is 13.4. The van der Waals surface area contributed by atoms with Crippen molar-refractivity contribution in [2.45, 2.75) is 12.5 Å². The van der Waals surface area contributed by atoms with E-state index in [4.69, 9.17) is 4.52 Å². The minimum absolute atomic E-state index is 0. The zero-order chi connectivity index (χ0) is 17.2. The van der Waals surface area contributed by atoms with Gasteiger partial charge in [0.25, 0.3) is 0 Å². The predicted octanol–water partition coefficient (Wildman–Crippen LogP) is 2.92. The second-order valence-corrected chi connectivity index (χ2v) is 6.94. The normalized spacial score (nSPS) is 17.8. The number of aromatic nitrogens is 3. The number of nitrogens with one attached hydrogen (secondary N) is 1. The first-order chi connectivity index (χ1) is 12.2. The van der Waals surface area contributed by atoms with Gasteiger partial charge >= 0.3 is 0 Å². The molecule has 0 bridgehead atoms. The van der Waals surface area contributed by atoms with Gasteiger partial charge in [-0.15, -0.1) is 23.7 Å². The van der Waals surface area contributed by atoms with Crippen LogP contribution in [0.15, 0.2) is 34.2 Å². The van der Waals surface area contributed by atoms with E-state index in [0.717, 1.165) is 35.9 Å². The molecule has 6 nitrogen and oxygen atoms in total. The highest BCUT2D eigenvalue weighted by Gasteiger charge is 2.25. The number of piperazine rings is 1. The van der Waals surface area contributed by atoms with Crippen molar-refractivity contribution in [1.82, 2.24) is 25.3 Å². The summed E-state index contributed by atoms with van der Waals surface area (Å²) in [6, 6.07) is 6.58. The van der Waals surface area contributed by atoms with E-state index >= 15 is 0 Å². The topological polar surface area (TPSA) is 67.1 Å². The standard InChI is InChI=1S/C17H18FN5OS.ClH/c1-23-6-5-19-9-14(23)16-21-15(24-22-16)8-13-10-25-17(20-13)11-3-2-4-12(18)7-11;/h2-4,7,10,14,19H,5-6,8-9H2,1H3;1H. The molecule has 3 heterocycles. The Morgan fingerprint density at radius 1 is 1.38 bits per heavy atom. The summed E-state index contributed by atoms with van der Waals surface area (Å²) in [6.07, 6.45) is 0.475. The molecular weight excluding hydrogens is 377 g/mol. The lowest BCUT2D eigenvalue weighted by Crippen LogP contribution is -2.44. The lowest BCUT2D eigenvalue weighted by molar-refractivity contribution is 0.190. The Hall–Kier alpha value is -1.87. The quantitative estimate of drug-likeness (QED) is 0.732. The van der Waals surface area contributed by atoms with Crippen LogP contribution in [0.5, 0.6) is 0 Å². The van der Waals surface area contributed by atoms with E-state index < -0.39 is 0 Å². The Morgan fingerprint density at radius 3 is 3.08 bits per heavy atom. The van der Waals surface area contributed by atoms with Gasteiger partial charge in [-0.3, -0.25) is 4.90 Å². The van der Waals surface area contributed by atoms with Crippen molar-refractivity contribution in [2.75, 3.05) is 26.7 Å². The summed E-state index contributed by atoms with van der Waals surface area (Å²) < 4.78 is 18.7. The van der Waals surface area contributed by atoms with Gasteiger partial charge in [-0.1, -0.05) is 17.3 Å². The van der Waals surface area contributed by atoms with Crippen LogP contribution >= 0.6 is 23.7 Å². The molecule has 0 saturated carbocycles. The first-order valence-corrected chi connectivity index (χ1v) is 9.01. The molecule has 0 radical (unpaired) electrons. The summed E-state index contributed by atoms with van der Waals surface area (Å²) >= 11 is 1.48. The van der Waals surface area contributed by atoms with Crippen molar-refractivity contribution in [3.63, 3.8) is 0 Å². The molecule has 0 spiro atoms. The molecular formula is C17H19ClFN5OS. The number of hydrogen-bond donors (Lipinski definition) is 1. The van der Waals surface area contributed by atoms with Crippen molar-refractivity contribution in [3.8, 4) is 10.6 Å². The SMILES string of the molecule is CN1CCNCC1c1noc(Cc2csc(-c3cccc(F)c3)n2)n1.Cl. The molecule has 1 aromatic carbocycles. The van der Waals surface area contributed by atoms with E-state index in [-0.39, 0.29) is 24.3 Å². The van der Waals surface area contributed by atoms with Crippen molar-refractivity contribution in [3.05, 3.63) is 52.9 Å². The largest absolute Gasteiger partial charge is 0.339 e. The minimum atomic E-state index is -0.263. The van der Waals surface area contributed by atoms with Gasteiger partial charge in [0.1, 0.15) is 10.8 Å². The average molecular weight is 396 g/mol. The van der Waals surface area contributed by atoms with Crippen molar-refractivity contribution in [1.29, 1.82) is 0 Å². The number of likely N-dealkylation sites (N-methyl/N-ethyl adjacent to an activating group) is 1. The molecule has 9 heteroatoms. The molecule has 1 saturated heterocycles. The molecule has 1 aliphatic rings. The predicted molar refractivity (Wildman–Crippen MR) is 100 cm³/mol. The first-order valence-electron chi connectivity index (χ1n) is 8.13. The maximum atomic E-state index is 13.4. The summed E-state index contributed by atoms with van der Waals surface area (Å²) in [5.41, 5.74) is 1.62.